The number of likely N-dealkylation sites (N-methyl/N-ethyl adjacent to an activating group) is 1. The van der Waals surface area contributed by atoms with Gasteiger partial charge in [-0.05, 0) is 13.3 Å². The van der Waals surface area contributed by atoms with Crippen molar-refractivity contribution in [2.75, 3.05) is 34.9 Å². The van der Waals surface area contributed by atoms with E-state index in [1.807, 2.05) is 6.92 Å². The molecule has 0 saturated heterocycles. The van der Waals surface area contributed by atoms with E-state index in [1.54, 1.807) is 6.92 Å². The fraction of sp³-hybridized carbons (Fsp3) is 0.556. The summed E-state index contributed by atoms with van der Waals surface area (Å²) in [5.41, 5.74) is 1.40. The first-order valence-corrected chi connectivity index (χ1v) is 8.28. The van der Waals surface area contributed by atoms with Gasteiger partial charge in [-0.2, -0.15) is 4.89 Å². The van der Waals surface area contributed by atoms with Crippen LogP contribution in [0.3, 0.4) is 0 Å². The summed E-state index contributed by atoms with van der Waals surface area (Å²) >= 11 is 0. The Labute approximate surface area is 153 Å². The number of hydrogen-bond acceptors (Lipinski definition) is 7. The number of amides is 1. The van der Waals surface area contributed by atoms with Crippen LogP contribution in [0.1, 0.15) is 33.1 Å². The Morgan fingerprint density at radius 2 is 1.77 bits per heavy atom. The van der Waals surface area contributed by atoms with Crippen LogP contribution >= 0.6 is 0 Å². The summed E-state index contributed by atoms with van der Waals surface area (Å²) < 4.78 is 4.65. The van der Waals surface area contributed by atoms with Crippen molar-refractivity contribution in [3.05, 3.63) is 22.3 Å². The van der Waals surface area contributed by atoms with Crippen molar-refractivity contribution in [3.8, 4) is 0 Å². The number of allylic oxidation sites excluding steroid dienone is 2. The summed E-state index contributed by atoms with van der Waals surface area (Å²) in [7, 11) is 5.63. The Bertz CT molecular complexity index is 675. The quantitative estimate of drug-likeness (QED) is 0.225. The Morgan fingerprint density at radius 3 is 2.27 bits per heavy atom. The second-order valence-electron chi connectivity index (χ2n) is 5.84. The van der Waals surface area contributed by atoms with Crippen LogP contribution in [0.15, 0.2) is 27.3 Å². The van der Waals surface area contributed by atoms with Crippen LogP contribution in [0.5, 0.6) is 0 Å². The Balaban J connectivity index is 3.26. The molecule has 8 nitrogen and oxygen atoms in total. The van der Waals surface area contributed by atoms with Gasteiger partial charge in [0.1, 0.15) is 0 Å². The summed E-state index contributed by atoms with van der Waals surface area (Å²) in [5.74, 6) is -0.273. The first-order valence-electron chi connectivity index (χ1n) is 8.28. The molecule has 0 saturated carbocycles. The Hall–Kier alpha value is -2.48. The molecule has 0 aromatic rings. The molecule has 8 heteroatoms. The molecule has 144 valence electrons. The summed E-state index contributed by atoms with van der Waals surface area (Å²) in [6.45, 7) is 3.52. The van der Waals surface area contributed by atoms with Crippen molar-refractivity contribution in [2.45, 2.75) is 33.1 Å². The van der Waals surface area contributed by atoms with Crippen molar-refractivity contribution >= 4 is 23.6 Å². The lowest BCUT2D eigenvalue weighted by molar-refractivity contribution is -0.195. The fourth-order valence-electron chi connectivity index (χ4n) is 2.73. The van der Waals surface area contributed by atoms with Crippen molar-refractivity contribution in [1.82, 2.24) is 4.90 Å². The van der Waals surface area contributed by atoms with Gasteiger partial charge in [0.25, 0.3) is 0 Å². The molecule has 0 aromatic heterocycles. The van der Waals surface area contributed by atoms with Gasteiger partial charge in [0, 0.05) is 36.4 Å². The first-order chi connectivity index (χ1) is 12.3. The van der Waals surface area contributed by atoms with Gasteiger partial charge < -0.3 is 14.5 Å². The zero-order valence-corrected chi connectivity index (χ0v) is 16.2. The van der Waals surface area contributed by atoms with Gasteiger partial charge in [0.05, 0.1) is 27.2 Å². The average Bonchev–Trinajstić information content (AvgIpc) is 2.64. The minimum absolute atomic E-state index is 0.00682. The average molecular weight is 366 g/mol. The molecular weight excluding hydrogens is 340 g/mol. The topological polar surface area (TPSA) is 94.5 Å². The van der Waals surface area contributed by atoms with Crippen molar-refractivity contribution in [1.29, 1.82) is 0 Å². The molecule has 0 fully saturated rings. The van der Waals surface area contributed by atoms with E-state index in [4.69, 9.17) is 4.89 Å². The minimum atomic E-state index is -0.578. The molecule has 0 aliphatic heterocycles. The van der Waals surface area contributed by atoms with E-state index in [9.17, 15) is 14.4 Å². The van der Waals surface area contributed by atoms with Crippen LogP contribution in [-0.4, -0.2) is 63.3 Å². The zero-order valence-electron chi connectivity index (χ0n) is 16.2. The van der Waals surface area contributed by atoms with E-state index in [0.29, 0.717) is 35.1 Å². The van der Waals surface area contributed by atoms with Crippen LogP contribution in [0.2, 0.25) is 0 Å². The second kappa shape index (κ2) is 9.86. The number of aliphatic imine (C=N–C) groups is 1. The van der Waals surface area contributed by atoms with Crippen LogP contribution in [0.25, 0.3) is 0 Å². The van der Waals surface area contributed by atoms with E-state index in [-0.39, 0.29) is 30.4 Å². The van der Waals surface area contributed by atoms with E-state index in [2.05, 4.69) is 14.6 Å². The summed E-state index contributed by atoms with van der Waals surface area (Å²) in [5, 5.41) is 0. The minimum Gasteiger partial charge on any atom is -0.453 e. The zero-order chi connectivity index (χ0) is 19.9. The number of hydrogen-bond donors (Lipinski definition) is 0. The monoisotopic (exact) mass is 366 g/mol. The van der Waals surface area contributed by atoms with Gasteiger partial charge in [0.2, 0.25) is 5.90 Å². The van der Waals surface area contributed by atoms with E-state index < -0.39 is 6.09 Å². The standard InChI is InChI=1S/C18H26N2O6/c1-7-8-12-13(9-15(19-3)26-25-6)16(21)11(2)14(17(12)22)10-20(4)18(23)24-5/h7-10H2,1-6H3. The number of carbonyl (C=O) groups is 3. The molecule has 0 atom stereocenters. The number of rotatable bonds is 7. The normalized spacial score (nSPS) is 15.5. The highest BCUT2D eigenvalue weighted by Gasteiger charge is 2.33. The van der Waals surface area contributed by atoms with Gasteiger partial charge in [0.15, 0.2) is 11.6 Å². The highest BCUT2D eigenvalue weighted by atomic mass is 17.2. The lowest BCUT2D eigenvalue weighted by atomic mass is 9.81. The number of Topliss-reactive ketones (excluding diaryl/α,β-unsaturated/α-hetero) is 2. The molecule has 1 rings (SSSR count). The highest BCUT2D eigenvalue weighted by Crippen LogP contribution is 2.30. The van der Waals surface area contributed by atoms with Crippen molar-refractivity contribution in [3.63, 3.8) is 0 Å². The summed E-state index contributed by atoms with van der Waals surface area (Å²) in [6.07, 6.45) is 0.636. The molecule has 1 aliphatic rings. The molecular formula is C18H26N2O6. The smallest absolute Gasteiger partial charge is 0.409 e. The van der Waals surface area contributed by atoms with Crippen LogP contribution in [-0.2, 0) is 24.1 Å². The predicted octanol–water partition coefficient (Wildman–Crippen LogP) is 2.25. The predicted molar refractivity (Wildman–Crippen MR) is 95.8 cm³/mol. The Kier molecular flexibility index (Phi) is 8.18. The molecule has 1 aliphatic carbocycles. The number of nitrogens with zero attached hydrogens (tertiary/aromatic N) is 2. The summed E-state index contributed by atoms with van der Waals surface area (Å²) in [6, 6.07) is 0. The largest absolute Gasteiger partial charge is 0.453 e. The third kappa shape index (κ3) is 4.78. The number of ketones is 2. The third-order valence-electron chi connectivity index (χ3n) is 4.12. The summed E-state index contributed by atoms with van der Waals surface area (Å²) in [4.78, 5) is 52.3. The molecule has 1 amide bonds. The molecule has 0 radical (unpaired) electrons. The van der Waals surface area contributed by atoms with Gasteiger partial charge in [-0.25, -0.2) is 4.79 Å². The number of methoxy groups -OCH3 is 1. The van der Waals surface area contributed by atoms with Crippen molar-refractivity contribution in [2.24, 2.45) is 4.99 Å². The lowest BCUT2D eigenvalue weighted by Crippen LogP contribution is -2.34. The molecule has 0 spiro atoms. The van der Waals surface area contributed by atoms with Crippen LogP contribution in [0.4, 0.5) is 4.79 Å². The van der Waals surface area contributed by atoms with Crippen LogP contribution in [0, 0.1) is 0 Å². The van der Waals surface area contributed by atoms with E-state index in [1.165, 1.54) is 33.2 Å². The lowest BCUT2D eigenvalue weighted by Gasteiger charge is -2.25. The van der Waals surface area contributed by atoms with Gasteiger partial charge in [-0.3, -0.25) is 14.6 Å². The molecule has 0 heterocycles. The SMILES string of the molecule is CCCC1=C(CC(=NC)OOC)C(=O)C(C)=C(CN(C)C(=O)OC)C1=O. The highest BCUT2D eigenvalue weighted by molar-refractivity contribution is 6.26. The van der Waals surface area contributed by atoms with E-state index >= 15 is 0 Å². The van der Waals surface area contributed by atoms with Gasteiger partial charge in [-0.1, -0.05) is 13.3 Å². The molecule has 0 aromatic carbocycles. The Morgan fingerprint density at radius 1 is 1.12 bits per heavy atom. The first kappa shape index (κ1) is 21.6. The third-order valence-corrected chi connectivity index (χ3v) is 4.12. The van der Waals surface area contributed by atoms with Crippen molar-refractivity contribution < 1.29 is 28.9 Å². The maximum Gasteiger partial charge on any atom is 0.409 e. The molecule has 0 unspecified atom stereocenters. The maximum absolute atomic E-state index is 13.0. The number of ether oxygens (including phenoxy) is 1. The molecule has 0 N–H and O–H groups in total. The van der Waals surface area contributed by atoms with Gasteiger partial charge >= 0.3 is 6.09 Å². The van der Waals surface area contributed by atoms with Gasteiger partial charge in [-0.15, -0.1) is 0 Å². The molecule has 0 bridgehead atoms. The molecule has 26 heavy (non-hydrogen) atoms. The number of carbonyl (C=O) groups excluding carboxylic acids is 3. The van der Waals surface area contributed by atoms with Crippen LogP contribution < -0.4 is 0 Å². The maximum atomic E-state index is 13.0. The fourth-order valence-corrected chi connectivity index (χ4v) is 2.73. The second-order valence-corrected chi connectivity index (χ2v) is 5.84. The van der Waals surface area contributed by atoms with E-state index in [0.717, 1.165) is 0 Å².